The van der Waals surface area contributed by atoms with Crippen LogP contribution in [0.1, 0.15) is 19.8 Å². The Morgan fingerprint density at radius 1 is 1.07 bits per heavy atom. The molecule has 0 radical (unpaired) electrons. The molecular weight excluding hydrogens is 404 g/mol. The van der Waals surface area contributed by atoms with Crippen molar-refractivity contribution in [2.24, 2.45) is 0 Å². The number of unbranched alkanes of at least 4 members (excludes halogenated alkanes) is 1. The van der Waals surface area contributed by atoms with Gasteiger partial charge in [0.15, 0.2) is 0 Å². The number of piperazine rings is 1. The van der Waals surface area contributed by atoms with Gasteiger partial charge in [-0.2, -0.15) is 0 Å². The van der Waals surface area contributed by atoms with Crippen molar-refractivity contribution >= 4 is 40.6 Å². The van der Waals surface area contributed by atoms with Gasteiger partial charge in [0.05, 0.1) is 5.52 Å². The molecule has 3 rings (SSSR count). The summed E-state index contributed by atoms with van der Waals surface area (Å²) in [6.45, 7) is 6.40. The Bertz CT molecular complexity index is 866. The topological polar surface area (TPSA) is 107 Å². The highest BCUT2D eigenvalue weighted by atomic mass is 32.2. The van der Waals surface area contributed by atoms with Gasteiger partial charge in [0, 0.05) is 43.7 Å². The summed E-state index contributed by atoms with van der Waals surface area (Å²) in [6.07, 6.45) is 3.57. The molecule has 2 N–H and O–H groups in total. The second-order valence-corrected chi connectivity index (χ2v) is 7.93. The van der Waals surface area contributed by atoms with E-state index in [2.05, 4.69) is 48.0 Å². The van der Waals surface area contributed by atoms with E-state index in [0.29, 0.717) is 12.2 Å². The quantitative estimate of drug-likeness (QED) is 0.295. The zero-order chi connectivity index (χ0) is 21.9. The lowest BCUT2D eigenvalue weighted by atomic mass is 10.2. The number of carboxylic acids is 2. The molecule has 0 saturated carbocycles. The number of likely N-dealkylation sites (N-methyl/N-ethyl adjacent to an activating group) is 1. The van der Waals surface area contributed by atoms with Gasteiger partial charge < -0.3 is 20.0 Å². The molecule has 30 heavy (non-hydrogen) atoms. The normalized spacial score (nSPS) is 14.5. The smallest absolute Gasteiger partial charge is 0.328 e. The zero-order valence-electron chi connectivity index (χ0n) is 17.3. The molecule has 8 nitrogen and oxygen atoms in total. The van der Waals surface area contributed by atoms with E-state index >= 15 is 0 Å². The van der Waals surface area contributed by atoms with Crippen molar-refractivity contribution in [1.29, 1.82) is 0 Å². The van der Waals surface area contributed by atoms with E-state index in [1.54, 1.807) is 0 Å². The fourth-order valence-corrected chi connectivity index (χ4v) is 3.85. The first kappa shape index (κ1) is 23.6. The lowest BCUT2D eigenvalue weighted by molar-refractivity contribution is -0.134. The SMILES string of the molecule is CCCCSc1nc(N2CCN(C)CC2)nc2ccccc12.O=C(O)/C=C/C(=O)O. The summed E-state index contributed by atoms with van der Waals surface area (Å²) in [4.78, 5) is 33.5. The predicted molar refractivity (Wildman–Crippen MR) is 119 cm³/mol. The number of hydrogen-bond donors (Lipinski definition) is 2. The van der Waals surface area contributed by atoms with E-state index in [1.807, 2.05) is 11.8 Å². The fraction of sp³-hybridized carbons (Fsp3) is 0.429. The van der Waals surface area contributed by atoms with Crippen molar-refractivity contribution in [1.82, 2.24) is 14.9 Å². The number of rotatable bonds is 7. The van der Waals surface area contributed by atoms with Gasteiger partial charge in [0.1, 0.15) is 5.03 Å². The molecule has 1 saturated heterocycles. The van der Waals surface area contributed by atoms with Crippen LogP contribution in [0.4, 0.5) is 5.95 Å². The Morgan fingerprint density at radius 3 is 2.30 bits per heavy atom. The van der Waals surface area contributed by atoms with Crippen molar-refractivity contribution in [2.45, 2.75) is 24.8 Å². The Labute approximate surface area is 180 Å². The summed E-state index contributed by atoms with van der Waals surface area (Å²) in [5.74, 6) is -0.495. The first-order valence-corrected chi connectivity index (χ1v) is 10.9. The molecule has 2 heterocycles. The minimum atomic E-state index is -1.26. The van der Waals surface area contributed by atoms with Crippen LogP contribution in [0, 0.1) is 0 Å². The van der Waals surface area contributed by atoms with Crippen LogP contribution >= 0.6 is 11.8 Å². The van der Waals surface area contributed by atoms with E-state index in [9.17, 15) is 9.59 Å². The van der Waals surface area contributed by atoms with Crippen LogP contribution in [0.15, 0.2) is 41.4 Å². The Balaban J connectivity index is 0.000000343. The summed E-state index contributed by atoms with van der Waals surface area (Å²) >= 11 is 1.87. The molecule has 162 valence electrons. The van der Waals surface area contributed by atoms with Crippen LogP contribution in [0.2, 0.25) is 0 Å². The van der Waals surface area contributed by atoms with Crippen LogP contribution < -0.4 is 4.90 Å². The number of hydrogen-bond acceptors (Lipinski definition) is 7. The third kappa shape index (κ3) is 7.64. The third-order valence-electron chi connectivity index (χ3n) is 4.45. The summed E-state index contributed by atoms with van der Waals surface area (Å²) in [7, 11) is 2.17. The second-order valence-electron chi connectivity index (χ2n) is 6.85. The maximum absolute atomic E-state index is 9.55. The van der Waals surface area contributed by atoms with Crippen LogP contribution in [0.5, 0.6) is 0 Å². The number of aliphatic carboxylic acids is 2. The van der Waals surface area contributed by atoms with Gasteiger partial charge in [-0.05, 0) is 25.3 Å². The highest BCUT2D eigenvalue weighted by molar-refractivity contribution is 7.99. The fourth-order valence-electron chi connectivity index (χ4n) is 2.75. The lowest BCUT2D eigenvalue weighted by Gasteiger charge is -2.32. The van der Waals surface area contributed by atoms with Crippen molar-refractivity contribution in [3.63, 3.8) is 0 Å². The van der Waals surface area contributed by atoms with E-state index in [0.717, 1.165) is 48.4 Å². The van der Waals surface area contributed by atoms with Gasteiger partial charge in [-0.25, -0.2) is 19.6 Å². The summed E-state index contributed by atoms with van der Waals surface area (Å²) in [6, 6.07) is 8.37. The number of para-hydroxylation sites is 1. The predicted octanol–water partition coefficient (Wildman–Crippen LogP) is 2.99. The van der Waals surface area contributed by atoms with Crippen molar-refractivity contribution < 1.29 is 19.8 Å². The number of fused-ring (bicyclic) bond motifs is 1. The largest absolute Gasteiger partial charge is 0.478 e. The Kier molecular flexibility index (Phi) is 9.56. The number of aromatic nitrogens is 2. The molecule has 0 unspecified atom stereocenters. The molecule has 0 spiro atoms. The van der Waals surface area contributed by atoms with Gasteiger partial charge in [-0.1, -0.05) is 31.5 Å². The number of benzene rings is 1. The van der Waals surface area contributed by atoms with Crippen LogP contribution in [0.3, 0.4) is 0 Å². The highest BCUT2D eigenvalue weighted by Gasteiger charge is 2.18. The molecule has 0 aliphatic carbocycles. The molecule has 2 aromatic rings. The average molecular weight is 433 g/mol. The molecule has 9 heteroatoms. The van der Waals surface area contributed by atoms with Gasteiger partial charge in [0.25, 0.3) is 0 Å². The third-order valence-corrected chi connectivity index (χ3v) is 5.53. The molecule has 0 amide bonds. The summed E-state index contributed by atoms with van der Waals surface area (Å²) < 4.78 is 0. The van der Waals surface area contributed by atoms with Crippen LogP contribution in [-0.2, 0) is 9.59 Å². The van der Waals surface area contributed by atoms with Crippen molar-refractivity contribution in [2.75, 3.05) is 43.9 Å². The molecule has 1 aliphatic heterocycles. The van der Waals surface area contributed by atoms with Gasteiger partial charge in [0.2, 0.25) is 5.95 Å². The van der Waals surface area contributed by atoms with Gasteiger partial charge >= 0.3 is 11.9 Å². The molecule has 1 aromatic carbocycles. The van der Waals surface area contributed by atoms with Crippen LogP contribution in [0.25, 0.3) is 10.9 Å². The van der Waals surface area contributed by atoms with Crippen molar-refractivity contribution in [3.05, 3.63) is 36.4 Å². The lowest BCUT2D eigenvalue weighted by Crippen LogP contribution is -2.45. The number of anilines is 1. The molecule has 1 aliphatic rings. The van der Waals surface area contributed by atoms with Gasteiger partial charge in [-0.15, -0.1) is 11.8 Å². The maximum Gasteiger partial charge on any atom is 0.328 e. The molecule has 0 bridgehead atoms. The van der Waals surface area contributed by atoms with E-state index in [1.165, 1.54) is 18.2 Å². The molecule has 0 atom stereocenters. The minimum absolute atomic E-state index is 0.558. The van der Waals surface area contributed by atoms with Crippen LogP contribution in [-0.4, -0.2) is 76.0 Å². The summed E-state index contributed by atoms with van der Waals surface area (Å²) in [5.41, 5.74) is 1.06. The number of thioether (sulfide) groups is 1. The van der Waals surface area contributed by atoms with E-state index in [-0.39, 0.29) is 0 Å². The maximum atomic E-state index is 9.55. The van der Waals surface area contributed by atoms with E-state index < -0.39 is 11.9 Å². The summed E-state index contributed by atoms with van der Waals surface area (Å²) in [5, 5.41) is 17.9. The Morgan fingerprint density at radius 2 is 1.70 bits per heavy atom. The second kappa shape index (κ2) is 12.1. The first-order valence-electron chi connectivity index (χ1n) is 9.87. The minimum Gasteiger partial charge on any atom is -0.478 e. The zero-order valence-corrected chi connectivity index (χ0v) is 18.1. The standard InChI is InChI=1S/C17H24N4S.C4H4O4/c1-3-4-13-22-16-14-7-5-6-8-15(14)18-17(19-16)21-11-9-20(2)10-12-21;5-3(6)1-2-4(7)8/h5-8H,3-4,9-13H2,1-2H3;1-2H,(H,5,6)(H,7,8)/b;2-1+. The first-order chi connectivity index (χ1) is 14.4. The average Bonchev–Trinajstić information content (AvgIpc) is 2.73. The highest BCUT2D eigenvalue weighted by Crippen LogP contribution is 2.28. The molecule has 1 fully saturated rings. The monoisotopic (exact) mass is 432 g/mol. The number of nitrogens with zero attached hydrogens (tertiary/aromatic N) is 4. The van der Waals surface area contributed by atoms with Gasteiger partial charge in [-0.3, -0.25) is 0 Å². The number of carboxylic acid groups (broad SMARTS) is 2. The molecular formula is C21H28N4O4S. The number of carbonyl (C=O) groups is 2. The van der Waals surface area contributed by atoms with E-state index in [4.69, 9.17) is 20.2 Å². The molecule has 1 aromatic heterocycles. The van der Waals surface area contributed by atoms with Crippen molar-refractivity contribution in [3.8, 4) is 0 Å². The Hall–Kier alpha value is -2.65.